The molecule has 22 amide bonds. The summed E-state index contributed by atoms with van der Waals surface area (Å²) in [6.45, 7) is 66.8. The number of aliphatic hydroxyl groups is 6. The highest BCUT2D eigenvalue weighted by Crippen LogP contribution is 2.14. The van der Waals surface area contributed by atoms with Crippen LogP contribution in [0.5, 0.6) is 0 Å². The second kappa shape index (κ2) is 82.0. The van der Waals surface area contributed by atoms with Gasteiger partial charge in [0.2, 0.25) is 23.6 Å². The number of hydrogen-bond donors (Lipinski definition) is 28. The Bertz CT molecular complexity index is 3240. The van der Waals surface area contributed by atoms with Gasteiger partial charge in [-0.3, -0.25) is 57.5 Å². The van der Waals surface area contributed by atoms with E-state index in [1.165, 1.54) is 0 Å². The van der Waals surface area contributed by atoms with Crippen LogP contribution in [0.3, 0.4) is 0 Å². The van der Waals surface area contributed by atoms with E-state index in [0.29, 0.717) is 24.5 Å². The van der Waals surface area contributed by atoms with E-state index in [2.05, 4.69) is 117 Å². The largest absolute Gasteiger partial charge is 0.380 e. The zero-order valence-corrected chi connectivity index (χ0v) is 88.4. The summed E-state index contributed by atoms with van der Waals surface area (Å²) in [6, 6.07) is 6.34. The Labute approximate surface area is 813 Å². The molecule has 0 unspecified atom stereocenters. The van der Waals surface area contributed by atoms with Gasteiger partial charge in [0.05, 0.1) is 0 Å². The zero-order chi connectivity index (χ0) is 109. The number of ether oxygens (including phenoxy) is 1. The molecule has 6 atom stereocenters. The third-order valence-corrected chi connectivity index (χ3v) is 14.1. The van der Waals surface area contributed by atoms with Gasteiger partial charge in [0.1, 0.15) is 13.2 Å². The fourth-order valence-corrected chi connectivity index (χ4v) is 9.06. The molecule has 28 N–H and O–H groups in total. The number of carbonyl (C=O) groups excluding carboxylic acids is 17. The Morgan fingerprint density at radius 3 is 0.547 bits per heavy atom. The molecule has 1 rings (SSSR count). The van der Waals surface area contributed by atoms with Gasteiger partial charge in [0.15, 0.2) is 36.6 Å². The van der Waals surface area contributed by atoms with Crippen LogP contribution in [-0.2, 0) is 62.3 Å². The highest BCUT2D eigenvalue weighted by Gasteiger charge is 2.33. The van der Waals surface area contributed by atoms with Gasteiger partial charge in [0, 0.05) is 146 Å². The lowest BCUT2D eigenvalue weighted by Gasteiger charge is -2.19. The summed E-state index contributed by atoms with van der Waals surface area (Å²) in [5.41, 5.74) is 1.33. The Morgan fingerprint density at radius 1 is 0.212 bits per heavy atom. The maximum absolute atomic E-state index is 11.5. The fraction of sp³-hybridized carbons (Fsp3) is 0.747. The lowest BCUT2D eigenvalue weighted by Crippen LogP contribution is -2.51. The van der Waals surface area contributed by atoms with Crippen molar-refractivity contribution in [2.24, 2.45) is 0 Å². The van der Waals surface area contributed by atoms with Crippen LogP contribution in [0.1, 0.15) is 275 Å². The molecule has 0 heterocycles. The van der Waals surface area contributed by atoms with Crippen molar-refractivity contribution in [2.75, 3.05) is 36.9 Å². The van der Waals surface area contributed by atoms with Gasteiger partial charge in [-0.05, 0) is 286 Å². The summed E-state index contributed by atoms with van der Waals surface area (Å²) < 4.78 is 4.93. The first-order valence-corrected chi connectivity index (χ1v) is 46.5. The van der Waals surface area contributed by atoms with Crippen LogP contribution in [0.4, 0.5) is 35.3 Å². The zero-order valence-electron chi connectivity index (χ0n) is 88.4. The smallest absolute Gasteiger partial charge is 0.319 e. The summed E-state index contributed by atoms with van der Waals surface area (Å²) in [7, 11) is 0. The average Bonchev–Trinajstić information content (AvgIpc) is 0.899. The number of hydrogen-bond acceptors (Lipinski definition) is 24. The minimum absolute atomic E-state index is 0.00425. The van der Waals surface area contributed by atoms with E-state index in [4.69, 9.17) is 4.74 Å². The molecule has 0 bridgehead atoms. The molecule has 0 aliphatic heterocycles. The lowest BCUT2D eigenvalue weighted by molar-refractivity contribution is -0.146. The predicted molar refractivity (Wildman–Crippen MR) is 531 cm³/mol. The number of aliphatic hydroxyl groups excluding tert-OH is 6. The summed E-state index contributed by atoms with van der Waals surface area (Å²) in [6.07, 6.45) is -8.29. The number of rotatable bonds is 41. The number of urea groups is 5. The molecular weight excluding hydrogens is 1790 g/mol. The van der Waals surface area contributed by atoms with Gasteiger partial charge in [0.25, 0.3) is 35.4 Å². The van der Waals surface area contributed by atoms with E-state index >= 15 is 0 Å². The third kappa shape index (κ3) is 97.8. The van der Waals surface area contributed by atoms with Crippen LogP contribution in [0.2, 0.25) is 0 Å². The van der Waals surface area contributed by atoms with Crippen LogP contribution in [0, 0.1) is 0 Å². The van der Waals surface area contributed by atoms with E-state index in [-0.39, 0.29) is 189 Å². The van der Waals surface area contributed by atoms with Crippen LogP contribution in [0.15, 0.2) is 24.3 Å². The number of benzene rings is 1. The standard InChI is InChI=1S/C14H22N4O2.C12H26N4O2.3C10H20N2O4.C10H20N2O3.C10H20N2O2.C8H16N2O2.C7H16N2O/c1-9(2)15-13(19)17-11-5-7-12(8-6-11)18-14(20)16-10(3)4;1-9(2)15-11(17)13-7-5-6-8-14-12(18)16-10(3)4;3*1-5(2)11-9(15)7(13)8(14)10(16)12-6(3)4;1-7(2)11-9(13)5-15-6-10(14)12-8(3)4;1-7(2)11-9(13)5-6-10(14)12-8(3)4;1-5(2)9-7(11)8(12)10-6(3)4;1-5(2)8-7(10)9-6(3)4/h5-10H,1-4H3,(H2,15,17,19)(H2,16,18,20);9-10H,5-8H2,1-4H3,(H2,13,15,17)(H2,14,16,18);3*5-8,13-14H,1-4H3,(H,11,15)(H,12,16);7-8H,5-6H2,1-4H3,(H,11,13)(H,12,14);7-8H,5-6H2,1-4H3,(H,11,13)(H,12,14);5-6H,1-4H3,(H,9,11)(H,10,12);5-6H,1-4H3,(H2,8,9,10)/t;;7-,8+;2*7-,8-;;;;/m...10..../s1. The van der Waals surface area contributed by atoms with Crippen LogP contribution < -0.4 is 117 Å². The normalized spacial score (nSPS) is 11.9. The maximum atomic E-state index is 11.5. The molecule has 0 aromatic heterocycles. The van der Waals surface area contributed by atoms with Crippen molar-refractivity contribution in [3.8, 4) is 0 Å². The molecule has 46 heteroatoms. The van der Waals surface area contributed by atoms with Crippen LogP contribution in [-0.4, -0.2) is 303 Å². The van der Waals surface area contributed by atoms with Gasteiger partial charge < -0.3 is 152 Å². The first kappa shape index (κ1) is 141. The highest BCUT2D eigenvalue weighted by atomic mass is 16.5. The molecule has 0 spiro atoms. The molecule has 1 aromatic carbocycles. The van der Waals surface area contributed by atoms with Crippen molar-refractivity contribution in [3.63, 3.8) is 0 Å². The third-order valence-electron chi connectivity index (χ3n) is 14.1. The predicted octanol–water partition coefficient (Wildman–Crippen LogP) is 2.21. The van der Waals surface area contributed by atoms with Crippen molar-refractivity contribution in [3.05, 3.63) is 24.3 Å². The molecular formula is C91H180N22O24. The second-order valence-corrected chi connectivity index (χ2v) is 36.6. The first-order chi connectivity index (χ1) is 62.8. The first-order valence-electron chi connectivity index (χ1n) is 46.5. The quantitative estimate of drug-likeness (QED) is 0.0330. The molecule has 137 heavy (non-hydrogen) atoms. The number of anilines is 2. The van der Waals surface area contributed by atoms with Crippen LogP contribution in [0.25, 0.3) is 0 Å². The van der Waals surface area contributed by atoms with E-state index in [1.54, 1.807) is 135 Å². The second-order valence-electron chi connectivity index (χ2n) is 36.6. The fourth-order valence-electron chi connectivity index (χ4n) is 9.06. The van der Waals surface area contributed by atoms with Crippen molar-refractivity contribution in [2.45, 2.75) is 420 Å². The van der Waals surface area contributed by atoms with Gasteiger partial charge in [-0.2, -0.15) is 0 Å². The van der Waals surface area contributed by atoms with Gasteiger partial charge >= 0.3 is 42.0 Å². The molecule has 0 fully saturated rings. The summed E-state index contributed by atoms with van der Waals surface area (Å²) in [4.78, 5) is 190. The monoisotopic (exact) mass is 1970 g/mol. The Hall–Kier alpha value is -11.1. The number of nitrogens with one attached hydrogen (secondary N) is 22. The van der Waals surface area contributed by atoms with E-state index in [9.17, 15) is 112 Å². The van der Waals surface area contributed by atoms with E-state index in [0.717, 1.165) is 12.8 Å². The lowest BCUT2D eigenvalue weighted by atomic mass is 10.1. The van der Waals surface area contributed by atoms with E-state index < -0.39 is 83.9 Å². The van der Waals surface area contributed by atoms with Crippen molar-refractivity contribution in [1.82, 2.24) is 106 Å². The number of carbonyl (C=O) groups is 17. The summed E-state index contributed by atoms with van der Waals surface area (Å²) >= 11 is 0. The topological polar surface area (TPSA) is 685 Å². The molecule has 46 nitrogen and oxygen atoms in total. The SMILES string of the molecule is CC(C)NC(=O)C(=O)NC(C)C.CC(C)NC(=O)CCC(=O)NC(C)C.CC(C)NC(=O)COCC(=O)NC(C)C.CC(C)NC(=O)NC(C)C.CC(C)NC(=O)NCCCCNC(=O)NC(C)C.CC(C)NC(=O)Nc1ccc(NC(=O)NC(C)C)cc1.CC(C)NC(=O)[C@@H](O)[C@@H](O)C(=O)NC(C)C.CC(C)NC(=O)[C@@H](O)[C@H](O)C(=O)NC(C)C.CC(C)NC(=O)[C@H](O)[C@@H](O)C(=O)NC(C)C. The molecule has 0 aliphatic carbocycles. The van der Waals surface area contributed by atoms with Gasteiger partial charge in [-0.25, -0.2) is 24.0 Å². The molecule has 0 saturated heterocycles. The minimum Gasteiger partial charge on any atom is -0.380 e. The van der Waals surface area contributed by atoms with Gasteiger partial charge in [-0.1, -0.05) is 0 Å². The minimum atomic E-state index is -1.75. The van der Waals surface area contributed by atoms with Crippen molar-refractivity contribution in [1.29, 1.82) is 0 Å². The Morgan fingerprint density at radius 2 is 0.372 bits per heavy atom. The molecule has 1 aromatic rings. The summed E-state index contributed by atoms with van der Waals surface area (Å²) in [5, 5.41) is 114. The van der Waals surface area contributed by atoms with Gasteiger partial charge in [-0.15, -0.1) is 0 Å². The Kier molecular flexibility index (Phi) is 84.6. The van der Waals surface area contributed by atoms with Crippen LogP contribution >= 0.6 is 0 Å². The maximum Gasteiger partial charge on any atom is 0.319 e. The molecule has 0 radical (unpaired) electrons. The molecule has 0 saturated carbocycles. The molecule has 798 valence electrons. The number of unbranched alkanes of at least 4 members (excludes halogenated alkanes) is 1. The average molecular weight is 1970 g/mol. The number of amides is 22. The molecule has 0 aliphatic rings. The van der Waals surface area contributed by atoms with Crippen molar-refractivity contribution >= 4 is 112 Å². The van der Waals surface area contributed by atoms with Crippen molar-refractivity contribution < 1.29 is 117 Å². The summed E-state index contributed by atoms with van der Waals surface area (Å²) in [5.74, 6) is -6.27. The highest BCUT2D eigenvalue weighted by molar-refractivity contribution is 6.35. The van der Waals surface area contributed by atoms with E-state index in [1.807, 2.05) is 138 Å². The Balaban J connectivity index is -0.000000229.